The Labute approximate surface area is 126 Å². The first kappa shape index (κ1) is 13.9. The van der Waals surface area contributed by atoms with Crippen LogP contribution in [0.25, 0.3) is 11.0 Å². The van der Waals surface area contributed by atoms with Crippen LogP contribution in [0.3, 0.4) is 0 Å². The number of rotatable bonds is 2. The Hall–Kier alpha value is -3.08. The predicted molar refractivity (Wildman–Crippen MR) is 82.7 cm³/mol. The summed E-state index contributed by atoms with van der Waals surface area (Å²) in [5.74, 6) is -0.395. The van der Waals surface area contributed by atoms with Crippen molar-refractivity contribution in [3.63, 3.8) is 0 Å². The van der Waals surface area contributed by atoms with Gasteiger partial charge in [0.05, 0.1) is 0 Å². The summed E-state index contributed by atoms with van der Waals surface area (Å²) in [7, 11) is 0. The van der Waals surface area contributed by atoms with Crippen molar-refractivity contribution in [2.24, 2.45) is 5.16 Å². The number of carbonyl (C=O) groups excluding carboxylic acids is 1. The van der Waals surface area contributed by atoms with Crippen LogP contribution in [0.2, 0.25) is 0 Å². The monoisotopic (exact) mass is 294 g/mol. The summed E-state index contributed by atoms with van der Waals surface area (Å²) in [6.45, 7) is 1.94. The third kappa shape index (κ3) is 2.69. The second-order valence-corrected chi connectivity index (χ2v) is 4.93. The number of benzene rings is 2. The summed E-state index contributed by atoms with van der Waals surface area (Å²) in [6, 6.07) is 16.3. The number of para-hydroxylation sites is 1. The first-order valence-electron chi connectivity index (χ1n) is 6.76. The first-order valence-corrected chi connectivity index (χ1v) is 6.76. The van der Waals surface area contributed by atoms with E-state index in [-0.39, 0.29) is 11.1 Å². The van der Waals surface area contributed by atoms with Crippen LogP contribution in [0.5, 0.6) is 0 Å². The molecule has 0 radical (unpaired) electrons. The van der Waals surface area contributed by atoms with E-state index in [4.69, 9.17) is 9.62 Å². The SMILES string of the molecule is Cc1cccc(NC(=O)c2cc3ccccc3o/c2=N\O)c1. The van der Waals surface area contributed by atoms with Crippen LogP contribution in [-0.2, 0) is 0 Å². The Morgan fingerprint density at radius 1 is 1.14 bits per heavy atom. The maximum Gasteiger partial charge on any atom is 0.268 e. The molecule has 0 unspecified atom stereocenters. The van der Waals surface area contributed by atoms with Crippen LogP contribution in [-0.4, -0.2) is 11.1 Å². The number of nitrogens with one attached hydrogen (secondary N) is 1. The highest BCUT2D eigenvalue weighted by Crippen LogP contribution is 2.15. The van der Waals surface area contributed by atoms with E-state index in [1.807, 2.05) is 37.3 Å². The molecule has 0 saturated carbocycles. The summed E-state index contributed by atoms with van der Waals surface area (Å²) in [5, 5.41) is 15.7. The van der Waals surface area contributed by atoms with Crippen molar-refractivity contribution in [3.8, 4) is 0 Å². The Morgan fingerprint density at radius 2 is 1.95 bits per heavy atom. The third-order valence-electron chi connectivity index (χ3n) is 3.27. The summed E-state index contributed by atoms with van der Waals surface area (Å²) < 4.78 is 5.45. The summed E-state index contributed by atoms with van der Waals surface area (Å²) in [5.41, 5.74) is 2.30. The summed E-state index contributed by atoms with van der Waals surface area (Å²) in [4.78, 5) is 12.4. The van der Waals surface area contributed by atoms with Crippen LogP contribution in [0.4, 0.5) is 5.69 Å². The second-order valence-electron chi connectivity index (χ2n) is 4.93. The van der Waals surface area contributed by atoms with Crippen molar-refractivity contribution >= 4 is 22.6 Å². The standard InChI is InChI=1S/C17H14N2O3/c1-11-5-4-7-13(9-11)18-16(20)14-10-12-6-2-3-8-15(12)22-17(14)19-21/h2-10,21H,1H3,(H,18,20)/b19-17-. The molecule has 1 amide bonds. The van der Waals surface area contributed by atoms with E-state index < -0.39 is 5.91 Å². The largest absolute Gasteiger partial charge is 0.435 e. The van der Waals surface area contributed by atoms with E-state index in [0.29, 0.717) is 11.3 Å². The van der Waals surface area contributed by atoms with Gasteiger partial charge in [-0.2, -0.15) is 0 Å². The topological polar surface area (TPSA) is 74.8 Å². The quantitative estimate of drug-likeness (QED) is 0.562. The highest BCUT2D eigenvalue weighted by molar-refractivity contribution is 6.05. The smallest absolute Gasteiger partial charge is 0.268 e. The molecule has 5 nitrogen and oxygen atoms in total. The number of hydrogen-bond acceptors (Lipinski definition) is 4. The Kier molecular flexibility index (Phi) is 3.62. The molecule has 3 aromatic rings. The van der Waals surface area contributed by atoms with Crippen LogP contribution in [0.15, 0.2) is 64.2 Å². The lowest BCUT2D eigenvalue weighted by Gasteiger charge is -2.06. The molecule has 0 atom stereocenters. The van der Waals surface area contributed by atoms with Gasteiger partial charge in [-0.05, 0) is 41.9 Å². The summed E-state index contributed by atoms with van der Waals surface area (Å²) in [6.07, 6.45) is 0. The molecule has 0 aliphatic rings. The minimum absolute atomic E-state index is 0.121. The average molecular weight is 294 g/mol. The fourth-order valence-electron chi connectivity index (χ4n) is 2.23. The molecule has 110 valence electrons. The van der Waals surface area contributed by atoms with Gasteiger partial charge in [0.15, 0.2) is 0 Å². The van der Waals surface area contributed by atoms with Crippen LogP contribution < -0.4 is 10.9 Å². The molecule has 0 fully saturated rings. The molecule has 2 N–H and O–H groups in total. The molecule has 0 spiro atoms. The average Bonchev–Trinajstić information content (AvgIpc) is 2.53. The molecule has 5 heteroatoms. The van der Waals surface area contributed by atoms with Gasteiger partial charge in [0.25, 0.3) is 11.5 Å². The molecule has 2 aromatic carbocycles. The van der Waals surface area contributed by atoms with Gasteiger partial charge in [0, 0.05) is 11.1 Å². The van der Waals surface area contributed by atoms with Crippen molar-refractivity contribution in [1.29, 1.82) is 0 Å². The van der Waals surface area contributed by atoms with Crippen molar-refractivity contribution in [1.82, 2.24) is 0 Å². The lowest BCUT2D eigenvalue weighted by molar-refractivity contribution is 0.102. The second kappa shape index (κ2) is 5.73. The van der Waals surface area contributed by atoms with Crippen molar-refractivity contribution in [2.75, 3.05) is 5.32 Å². The van der Waals surface area contributed by atoms with Crippen molar-refractivity contribution in [2.45, 2.75) is 6.92 Å². The number of carbonyl (C=O) groups is 1. The number of anilines is 1. The minimum Gasteiger partial charge on any atom is -0.435 e. The molecule has 1 aromatic heterocycles. The van der Waals surface area contributed by atoms with Gasteiger partial charge in [-0.15, -0.1) is 0 Å². The van der Waals surface area contributed by atoms with E-state index in [9.17, 15) is 4.79 Å². The third-order valence-corrected chi connectivity index (χ3v) is 3.27. The number of hydrogen-bond donors (Lipinski definition) is 2. The van der Waals surface area contributed by atoms with Gasteiger partial charge >= 0.3 is 0 Å². The van der Waals surface area contributed by atoms with Gasteiger partial charge in [0.2, 0.25) is 0 Å². The molecular weight excluding hydrogens is 280 g/mol. The van der Waals surface area contributed by atoms with E-state index in [1.165, 1.54) is 0 Å². The highest BCUT2D eigenvalue weighted by Gasteiger charge is 2.13. The van der Waals surface area contributed by atoms with Gasteiger partial charge in [-0.1, -0.05) is 30.3 Å². The zero-order chi connectivity index (χ0) is 15.5. The molecule has 0 bridgehead atoms. The number of nitrogens with zero attached hydrogens (tertiary/aromatic N) is 1. The normalized spacial score (nSPS) is 11.6. The minimum atomic E-state index is -0.395. The number of fused-ring (bicyclic) bond motifs is 1. The summed E-state index contributed by atoms with van der Waals surface area (Å²) >= 11 is 0. The predicted octanol–water partition coefficient (Wildman–Crippen LogP) is 3.28. The Morgan fingerprint density at radius 3 is 2.73 bits per heavy atom. The maximum atomic E-state index is 12.4. The Balaban J connectivity index is 2.03. The molecule has 22 heavy (non-hydrogen) atoms. The van der Waals surface area contributed by atoms with Gasteiger partial charge < -0.3 is 14.9 Å². The molecule has 0 aliphatic carbocycles. The van der Waals surface area contributed by atoms with Crippen molar-refractivity contribution < 1.29 is 14.4 Å². The molecule has 0 saturated heterocycles. The molecular formula is C17H14N2O3. The van der Waals surface area contributed by atoms with Gasteiger partial charge in [-0.25, -0.2) is 0 Å². The molecule has 1 heterocycles. The highest BCUT2D eigenvalue weighted by atomic mass is 16.5. The van der Waals surface area contributed by atoms with Crippen LogP contribution in [0.1, 0.15) is 15.9 Å². The fraction of sp³-hybridized carbons (Fsp3) is 0.0588. The fourth-order valence-corrected chi connectivity index (χ4v) is 2.23. The Bertz CT molecular complexity index is 913. The zero-order valence-electron chi connectivity index (χ0n) is 11.9. The van der Waals surface area contributed by atoms with Gasteiger partial charge in [-0.3, -0.25) is 4.79 Å². The van der Waals surface area contributed by atoms with E-state index in [0.717, 1.165) is 10.9 Å². The van der Waals surface area contributed by atoms with E-state index in [2.05, 4.69) is 10.5 Å². The maximum absolute atomic E-state index is 12.4. The molecule has 3 rings (SSSR count). The first-order chi connectivity index (χ1) is 10.7. The number of aryl methyl sites for hydroxylation is 1. The van der Waals surface area contributed by atoms with Crippen molar-refractivity contribution in [3.05, 3.63) is 71.3 Å². The van der Waals surface area contributed by atoms with Crippen LogP contribution in [0, 0.1) is 6.92 Å². The van der Waals surface area contributed by atoms with E-state index in [1.54, 1.807) is 24.3 Å². The molecule has 0 aliphatic heterocycles. The zero-order valence-corrected chi connectivity index (χ0v) is 11.9. The lowest BCUT2D eigenvalue weighted by atomic mass is 10.1. The van der Waals surface area contributed by atoms with Crippen LogP contribution >= 0.6 is 0 Å². The van der Waals surface area contributed by atoms with E-state index >= 15 is 0 Å². The number of amides is 1. The lowest BCUT2D eigenvalue weighted by Crippen LogP contribution is -2.21. The van der Waals surface area contributed by atoms with Gasteiger partial charge in [0.1, 0.15) is 11.1 Å².